The molecule has 0 aliphatic rings. The molecule has 1 aromatic carbocycles. The largest absolute Gasteiger partial charge is 0.354 e. The van der Waals surface area contributed by atoms with Gasteiger partial charge in [0.05, 0.1) is 17.6 Å². The minimum Gasteiger partial charge on any atom is -0.354 e. The Bertz CT molecular complexity index is 570. The van der Waals surface area contributed by atoms with Crippen molar-refractivity contribution < 1.29 is 14.3 Å². The third-order valence-corrected chi connectivity index (χ3v) is 2.69. The summed E-state index contributed by atoms with van der Waals surface area (Å²) in [6.45, 7) is 0.282. The van der Waals surface area contributed by atoms with E-state index in [1.165, 1.54) is 14.2 Å². The molecule has 0 fully saturated rings. The molecule has 0 unspecified atom stereocenters. The molecule has 0 radical (unpaired) electrons. The van der Waals surface area contributed by atoms with E-state index < -0.39 is 6.29 Å². The van der Waals surface area contributed by atoms with Gasteiger partial charge in [0.2, 0.25) is 0 Å². The number of aromatic nitrogens is 2. The fourth-order valence-corrected chi connectivity index (χ4v) is 1.65. The van der Waals surface area contributed by atoms with Crippen LogP contribution in [-0.4, -0.2) is 42.9 Å². The van der Waals surface area contributed by atoms with Crippen LogP contribution in [0.5, 0.6) is 0 Å². The van der Waals surface area contributed by atoms with Gasteiger partial charge in [0.1, 0.15) is 0 Å². The Morgan fingerprint density at radius 3 is 2.58 bits per heavy atom. The van der Waals surface area contributed by atoms with Crippen LogP contribution in [0.2, 0.25) is 0 Å². The lowest BCUT2D eigenvalue weighted by Crippen LogP contribution is -2.34. The van der Waals surface area contributed by atoms with Crippen LogP contribution in [0.4, 0.5) is 0 Å². The lowest BCUT2D eigenvalue weighted by atomic mass is 10.2. The average Bonchev–Trinajstić information content (AvgIpc) is 2.47. The number of hydrogen-bond donors (Lipinski definition) is 1. The maximum absolute atomic E-state index is 12.0. The van der Waals surface area contributed by atoms with Gasteiger partial charge < -0.3 is 14.8 Å². The molecule has 0 bridgehead atoms. The van der Waals surface area contributed by atoms with Gasteiger partial charge in [0.15, 0.2) is 6.29 Å². The monoisotopic (exact) mass is 261 g/mol. The summed E-state index contributed by atoms with van der Waals surface area (Å²) < 4.78 is 9.99. The maximum Gasteiger partial charge on any atom is 0.251 e. The summed E-state index contributed by atoms with van der Waals surface area (Å²) in [6, 6.07) is 5.18. The summed E-state index contributed by atoms with van der Waals surface area (Å²) in [4.78, 5) is 20.3. The van der Waals surface area contributed by atoms with Crippen LogP contribution in [0.15, 0.2) is 30.6 Å². The topological polar surface area (TPSA) is 73.3 Å². The lowest BCUT2D eigenvalue weighted by Gasteiger charge is -2.14. The molecule has 100 valence electrons. The van der Waals surface area contributed by atoms with E-state index in [0.717, 1.165) is 5.52 Å². The van der Waals surface area contributed by atoms with E-state index in [1.807, 2.05) is 0 Å². The molecule has 0 saturated heterocycles. The minimum atomic E-state index is -0.454. The highest BCUT2D eigenvalue weighted by molar-refractivity contribution is 5.97. The zero-order chi connectivity index (χ0) is 13.7. The summed E-state index contributed by atoms with van der Waals surface area (Å²) in [5.41, 5.74) is 1.97. The molecule has 1 aromatic heterocycles. The quantitative estimate of drug-likeness (QED) is 0.812. The van der Waals surface area contributed by atoms with E-state index in [1.54, 1.807) is 30.6 Å². The zero-order valence-corrected chi connectivity index (χ0v) is 10.8. The summed E-state index contributed by atoms with van der Waals surface area (Å²) in [7, 11) is 3.04. The SMILES string of the molecule is COC(CNC(=O)c1ccc2nccnc2c1)OC. The molecule has 6 heteroatoms. The van der Waals surface area contributed by atoms with Gasteiger partial charge in [-0.2, -0.15) is 0 Å². The Labute approximate surface area is 110 Å². The lowest BCUT2D eigenvalue weighted by molar-refractivity contribution is -0.0974. The summed E-state index contributed by atoms with van der Waals surface area (Å²) in [5, 5.41) is 2.73. The second-order valence-corrected chi connectivity index (χ2v) is 3.87. The Morgan fingerprint density at radius 2 is 1.89 bits per heavy atom. The number of carbonyl (C=O) groups excluding carboxylic acids is 1. The maximum atomic E-state index is 12.0. The van der Waals surface area contributed by atoms with Crippen LogP contribution in [0, 0.1) is 0 Å². The van der Waals surface area contributed by atoms with Gasteiger partial charge in [-0.05, 0) is 18.2 Å². The number of benzene rings is 1. The Kier molecular flexibility index (Phi) is 4.38. The van der Waals surface area contributed by atoms with Crippen LogP contribution < -0.4 is 5.32 Å². The highest BCUT2D eigenvalue weighted by Crippen LogP contribution is 2.10. The molecule has 1 heterocycles. The van der Waals surface area contributed by atoms with Gasteiger partial charge in [-0.1, -0.05) is 0 Å². The van der Waals surface area contributed by atoms with E-state index in [2.05, 4.69) is 15.3 Å². The zero-order valence-electron chi connectivity index (χ0n) is 10.8. The van der Waals surface area contributed by atoms with Crippen LogP contribution in [0.25, 0.3) is 11.0 Å². The van der Waals surface area contributed by atoms with Crippen LogP contribution in [0.1, 0.15) is 10.4 Å². The number of carbonyl (C=O) groups is 1. The first-order chi connectivity index (χ1) is 9.24. The average molecular weight is 261 g/mol. The van der Waals surface area contributed by atoms with Crippen LogP contribution >= 0.6 is 0 Å². The van der Waals surface area contributed by atoms with Gasteiger partial charge in [0, 0.05) is 32.2 Å². The summed E-state index contributed by atoms with van der Waals surface area (Å²) >= 11 is 0. The number of hydrogen-bond acceptors (Lipinski definition) is 5. The Hall–Kier alpha value is -2.05. The smallest absolute Gasteiger partial charge is 0.251 e. The van der Waals surface area contributed by atoms with Crippen LogP contribution in [0.3, 0.4) is 0 Å². The molecule has 0 saturated carbocycles. The number of fused-ring (bicyclic) bond motifs is 1. The predicted molar refractivity (Wildman–Crippen MR) is 69.7 cm³/mol. The van der Waals surface area contributed by atoms with E-state index in [-0.39, 0.29) is 12.5 Å². The summed E-state index contributed by atoms with van der Waals surface area (Å²) in [5.74, 6) is -0.202. The van der Waals surface area contributed by atoms with Gasteiger partial charge in [-0.3, -0.25) is 14.8 Å². The van der Waals surface area contributed by atoms with Crippen molar-refractivity contribution in [3.05, 3.63) is 36.2 Å². The molecule has 0 spiro atoms. The molecule has 0 atom stereocenters. The van der Waals surface area contributed by atoms with Crippen molar-refractivity contribution in [2.45, 2.75) is 6.29 Å². The number of ether oxygens (including phenoxy) is 2. The van der Waals surface area contributed by atoms with Crippen molar-refractivity contribution in [2.75, 3.05) is 20.8 Å². The molecular weight excluding hydrogens is 246 g/mol. The first kappa shape index (κ1) is 13.4. The van der Waals surface area contributed by atoms with Crippen molar-refractivity contribution in [1.82, 2.24) is 15.3 Å². The molecule has 1 N–H and O–H groups in total. The second-order valence-electron chi connectivity index (χ2n) is 3.87. The first-order valence-electron chi connectivity index (χ1n) is 5.79. The highest BCUT2D eigenvalue weighted by atomic mass is 16.7. The van der Waals surface area contributed by atoms with E-state index >= 15 is 0 Å². The normalized spacial score (nSPS) is 10.9. The van der Waals surface area contributed by atoms with Crippen LogP contribution in [-0.2, 0) is 9.47 Å². The number of rotatable bonds is 5. The molecule has 6 nitrogen and oxygen atoms in total. The Morgan fingerprint density at radius 1 is 1.21 bits per heavy atom. The predicted octanol–water partition coefficient (Wildman–Crippen LogP) is 0.978. The van der Waals surface area contributed by atoms with Gasteiger partial charge in [-0.25, -0.2) is 0 Å². The van der Waals surface area contributed by atoms with Crippen molar-refractivity contribution in [1.29, 1.82) is 0 Å². The third kappa shape index (κ3) is 3.24. The molecule has 2 aromatic rings. The fourth-order valence-electron chi connectivity index (χ4n) is 1.65. The van der Waals surface area contributed by atoms with Gasteiger partial charge >= 0.3 is 0 Å². The van der Waals surface area contributed by atoms with Crippen molar-refractivity contribution in [3.63, 3.8) is 0 Å². The van der Waals surface area contributed by atoms with E-state index in [9.17, 15) is 4.79 Å². The van der Waals surface area contributed by atoms with Crippen molar-refractivity contribution in [3.8, 4) is 0 Å². The fraction of sp³-hybridized carbons (Fsp3) is 0.308. The molecule has 0 aliphatic carbocycles. The standard InChI is InChI=1S/C13H15N3O3/c1-18-12(19-2)8-16-13(17)9-3-4-10-11(7-9)15-6-5-14-10/h3-7,12H,8H2,1-2H3,(H,16,17). The minimum absolute atomic E-state index is 0.202. The van der Waals surface area contributed by atoms with Crippen molar-refractivity contribution in [2.24, 2.45) is 0 Å². The van der Waals surface area contributed by atoms with Gasteiger partial charge in [-0.15, -0.1) is 0 Å². The second kappa shape index (κ2) is 6.21. The van der Waals surface area contributed by atoms with E-state index in [4.69, 9.17) is 9.47 Å². The van der Waals surface area contributed by atoms with Crippen molar-refractivity contribution >= 4 is 16.9 Å². The number of nitrogens with zero attached hydrogens (tertiary/aromatic N) is 2. The molecule has 19 heavy (non-hydrogen) atoms. The van der Waals surface area contributed by atoms with E-state index in [0.29, 0.717) is 11.1 Å². The first-order valence-corrected chi connectivity index (χ1v) is 5.79. The molecule has 1 amide bonds. The Balaban J connectivity index is 2.09. The highest BCUT2D eigenvalue weighted by Gasteiger charge is 2.10. The number of amides is 1. The molecule has 0 aliphatic heterocycles. The summed E-state index contributed by atoms with van der Waals surface area (Å²) in [6.07, 6.45) is 2.75. The van der Waals surface area contributed by atoms with Gasteiger partial charge in [0.25, 0.3) is 5.91 Å². The number of nitrogens with one attached hydrogen (secondary N) is 1. The number of methoxy groups -OCH3 is 2. The third-order valence-electron chi connectivity index (χ3n) is 2.69. The molecular formula is C13H15N3O3. The molecule has 2 rings (SSSR count).